The van der Waals surface area contributed by atoms with E-state index in [0.717, 1.165) is 47.7 Å². The van der Waals surface area contributed by atoms with Crippen LogP contribution in [0.5, 0.6) is 0 Å². The molecule has 1 atom stereocenters. The monoisotopic (exact) mass is 377 g/mol. The van der Waals surface area contributed by atoms with Crippen molar-refractivity contribution in [2.45, 2.75) is 39.2 Å². The molecule has 2 aromatic heterocycles. The van der Waals surface area contributed by atoms with Crippen LogP contribution < -0.4 is 5.32 Å². The lowest BCUT2D eigenvalue weighted by atomic mass is 9.99. The zero-order valence-corrected chi connectivity index (χ0v) is 16.1. The predicted octanol–water partition coefficient (Wildman–Crippen LogP) is 4.51. The van der Waals surface area contributed by atoms with Gasteiger partial charge in [0.05, 0.1) is 11.7 Å². The minimum atomic E-state index is -0.124. The molecular formula is C21H23N5O2. The largest absolute Gasteiger partial charge is 0.361 e. The molecule has 0 unspecified atom stereocenters. The number of nitrogens with one attached hydrogen (secondary N) is 1. The summed E-state index contributed by atoms with van der Waals surface area (Å²) in [4.78, 5) is 23.4. The summed E-state index contributed by atoms with van der Waals surface area (Å²) in [6.45, 7) is 4.43. The molecule has 144 valence electrons. The second-order valence-electron chi connectivity index (χ2n) is 7.07. The number of benzene rings is 1. The molecule has 4 rings (SSSR count). The van der Waals surface area contributed by atoms with E-state index in [1.165, 1.54) is 0 Å². The fourth-order valence-corrected chi connectivity index (χ4v) is 3.59. The van der Waals surface area contributed by atoms with Crippen molar-refractivity contribution in [1.29, 1.82) is 0 Å². The van der Waals surface area contributed by atoms with Crippen LogP contribution in [0.15, 0.2) is 47.1 Å². The van der Waals surface area contributed by atoms with E-state index in [1.807, 2.05) is 55.1 Å². The van der Waals surface area contributed by atoms with Crippen LogP contribution in [0.4, 0.5) is 10.5 Å². The van der Waals surface area contributed by atoms with Crippen molar-refractivity contribution in [3.8, 4) is 11.3 Å². The minimum Gasteiger partial charge on any atom is -0.361 e. The van der Waals surface area contributed by atoms with Crippen molar-refractivity contribution >= 4 is 11.7 Å². The number of likely N-dealkylation sites (tertiary alicyclic amines) is 1. The molecule has 7 heteroatoms. The number of piperidine rings is 1. The number of rotatable bonds is 3. The molecule has 7 nitrogen and oxygen atoms in total. The molecule has 1 aromatic carbocycles. The van der Waals surface area contributed by atoms with Crippen molar-refractivity contribution in [2.75, 3.05) is 11.9 Å². The topological polar surface area (TPSA) is 84.2 Å². The SMILES string of the molecule is Cc1nccc(-c2cccc(NC(=O)N3CCCC[C@@H]3c3cc(C)on3)c2)n1. The van der Waals surface area contributed by atoms with Gasteiger partial charge in [0.1, 0.15) is 17.3 Å². The van der Waals surface area contributed by atoms with Gasteiger partial charge in [-0.25, -0.2) is 14.8 Å². The van der Waals surface area contributed by atoms with Gasteiger partial charge in [-0.15, -0.1) is 0 Å². The Labute approximate surface area is 163 Å². The summed E-state index contributed by atoms with van der Waals surface area (Å²) in [7, 11) is 0. The lowest BCUT2D eigenvalue weighted by Gasteiger charge is -2.34. The number of hydrogen-bond acceptors (Lipinski definition) is 5. The number of aromatic nitrogens is 3. The normalized spacial score (nSPS) is 16.8. The summed E-state index contributed by atoms with van der Waals surface area (Å²) < 4.78 is 5.22. The fraction of sp³-hybridized carbons (Fsp3) is 0.333. The summed E-state index contributed by atoms with van der Waals surface area (Å²) >= 11 is 0. The molecule has 0 bridgehead atoms. The first kappa shape index (κ1) is 18.2. The van der Waals surface area contributed by atoms with Gasteiger partial charge in [0.25, 0.3) is 0 Å². The molecule has 1 aliphatic rings. The highest BCUT2D eigenvalue weighted by atomic mass is 16.5. The molecule has 0 saturated carbocycles. The molecular weight excluding hydrogens is 354 g/mol. The molecule has 0 spiro atoms. The highest BCUT2D eigenvalue weighted by molar-refractivity contribution is 5.90. The highest BCUT2D eigenvalue weighted by Crippen LogP contribution is 2.31. The number of hydrogen-bond donors (Lipinski definition) is 1. The smallest absolute Gasteiger partial charge is 0.322 e. The summed E-state index contributed by atoms with van der Waals surface area (Å²) in [5.74, 6) is 1.47. The predicted molar refractivity (Wildman–Crippen MR) is 106 cm³/mol. The van der Waals surface area contributed by atoms with Gasteiger partial charge in [0.2, 0.25) is 0 Å². The second-order valence-corrected chi connectivity index (χ2v) is 7.07. The number of carbonyl (C=O) groups is 1. The average Bonchev–Trinajstić information content (AvgIpc) is 3.14. The summed E-state index contributed by atoms with van der Waals surface area (Å²) in [6, 6.07) is 11.3. The second kappa shape index (κ2) is 7.80. The lowest BCUT2D eigenvalue weighted by Crippen LogP contribution is -2.41. The summed E-state index contributed by atoms with van der Waals surface area (Å²) in [5.41, 5.74) is 3.32. The Bertz CT molecular complexity index is 984. The zero-order chi connectivity index (χ0) is 19.5. The Morgan fingerprint density at radius 1 is 1.21 bits per heavy atom. The Balaban J connectivity index is 1.53. The molecule has 3 aromatic rings. The molecule has 28 heavy (non-hydrogen) atoms. The van der Waals surface area contributed by atoms with Crippen molar-refractivity contribution < 1.29 is 9.32 Å². The van der Waals surface area contributed by atoms with Crippen molar-refractivity contribution in [3.63, 3.8) is 0 Å². The first-order valence-electron chi connectivity index (χ1n) is 9.51. The van der Waals surface area contributed by atoms with Crippen LogP contribution >= 0.6 is 0 Å². The maximum Gasteiger partial charge on any atom is 0.322 e. The van der Waals surface area contributed by atoms with Gasteiger partial charge in [-0.2, -0.15) is 0 Å². The van der Waals surface area contributed by atoms with Crippen molar-refractivity contribution in [2.24, 2.45) is 0 Å². The van der Waals surface area contributed by atoms with Crippen LogP contribution in [0.1, 0.15) is 42.6 Å². The summed E-state index contributed by atoms with van der Waals surface area (Å²) in [5, 5.41) is 7.16. The number of urea groups is 1. The van der Waals surface area contributed by atoms with Crippen LogP contribution in [-0.4, -0.2) is 32.6 Å². The van der Waals surface area contributed by atoms with E-state index in [2.05, 4.69) is 20.4 Å². The van der Waals surface area contributed by atoms with E-state index in [0.29, 0.717) is 12.4 Å². The number of amides is 2. The van der Waals surface area contributed by atoms with E-state index in [-0.39, 0.29) is 12.1 Å². The van der Waals surface area contributed by atoms with Gasteiger partial charge in [-0.05, 0) is 51.3 Å². The lowest BCUT2D eigenvalue weighted by molar-refractivity contribution is 0.159. The molecule has 1 N–H and O–H groups in total. The first-order valence-corrected chi connectivity index (χ1v) is 9.51. The van der Waals surface area contributed by atoms with Crippen LogP contribution in [0.25, 0.3) is 11.3 Å². The van der Waals surface area contributed by atoms with E-state index < -0.39 is 0 Å². The number of nitrogens with zero attached hydrogens (tertiary/aromatic N) is 4. The third kappa shape index (κ3) is 3.88. The fourth-order valence-electron chi connectivity index (χ4n) is 3.59. The van der Waals surface area contributed by atoms with Crippen LogP contribution in [0, 0.1) is 13.8 Å². The molecule has 3 heterocycles. The quantitative estimate of drug-likeness (QED) is 0.726. The number of aryl methyl sites for hydroxylation is 2. The maximum absolute atomic E-state index is 13.0. The Morgan fingerprint density at radius 2 is 2.11 bits per heavy atom. The zero-order valence-electron chi connectivity index (χ0n) is 16.1. The number of anilines is 1. The van der Waals surface area contributed by atoms with E-state index >= 15 is 0 Å². The van der Waals surface area contributed by atoms with E-state index in [9.17, 15) is 4.79 Å². The van der Waals surface area contributed by atoms with Gasteiger partial charge in [-0.3, -0.25) is 0 Å². The van der Waals surface area contributed by atoms with E-state index in [4.69, 9.17) is 4.52 Å². The molecule has 1 fully saturated rings. The molecule has 1 saturated heterocycles. The van der Waals surface area contributed by atoms with E-state index in [1.54, 1.807) is 6.20 Å². The molecule has 0 aliphatic carbocycles. The molecule has 0 radical (unpaired) electrons. The molecule has 2 amide bonds. The minimum absolute atomic E-state index is 0.0566. The Kier molecular flexibility index (Phi) is 5.06. The third-order valence-electron chi connectivity index (χ3n) is 4.94. The number of carbonyl (C=O) groups excluding carboxylic acids is 1. The Hall–Kier alpha value is -3.22. The van der Waals surface area contributed by atoms with Crippen LogP contribution in [0.3, 0.4) is 0 Å². The Morgan fingerprint density at radius 3 is 2.89 bits per heavy atom. The van der Waals surface area contributed by atoms with Gasteiger partial charge in [0, 0.05) is 30.1 Å². The first-order chi connectivity index (χ1) is 13.6. The van der Waals surface area contributed by atoms with Crippen molar-refractivity contribution in [3.05, 3.63) is 59.9 Å². The van der Waals surface area contributed by atoms with Crippen molar-refractivity contribution in [1.82, 2.24) is 20.0 Å². The highest BCUT2D eigenvalue weighted by Gasteiger charge is 2.30. The average molecular weight is 377 g/mol. The van der Waals surface area contributed by atoms with Crippen LogP contribution in [-0.2, 0) is 0 Å². The van der Waals surface area contributed by atoms with Gasteiger partial charge >= 0.3 is 6.03 Å². The van der Waals surface area contributed by atoms with Gasteiger partial charge < -0.3 is 14.7 Å². The third-order valence-corrected chi connectivity index (χ3v) is 4.94. The standard InChI is InChI=1S/C21H23N5O2/c1-14-12-19(25-28-14)20-8-3-4-11-26(20)21(27)24-17-7-5-6-16(13-17)18-9-10-22-15(2)23-18/h5-7,9-10,12-13,20H,3-4,8,11H2,1-2H3,(H,24,27)/t20-/m1/s1. The molecule has 1 aliphatic heterocycles. The van der Waals surface area contributed by atoms with Gasteiger partial charge in [0.15, 0.2) is 0 Å². The summed E-state index contributed by atoms with van der Waals surface area (Å²) in [6.07, 6.45) is 4.69. The maximum atomic E-state index is 13.0. The van der Waals surface area contributed by atoms with Crippen LogP contribution in [0.2, 0.25) is 0 Å². The van der Waals surface area contributed by atoms with Gasteiger partial charge in [-0.1, -0.05) is 17.3 Å².